The van der Waals surface area contributed by atoms with Gasteiger partial charge in [-0.05, 0) is 31.4 Å². The molecule has 1 amide bonds. The summed E-state index contributed by atoms with van der Waals surface area (Å²) in [6.07, 6.45) is 3.83. The van der Waals surface area contributed by atoms with E-state index in [-0.39, 0.29) is 5.91 Å². The van der Waals surface area contributed by atoms with Crippen LogP contribution in [0.5, 0.6) is 0 Å². The molecule has 4 heteroatoms. The van der Waals surface area contributed by atoms with Crippen LogP contribution >= 0.6 is 11.3 Å². The number of hydrogen-bond donors (Lipinski definition) is 1. The summed E-state index contributed by atoms with van der Waals surface area (Å²) < 4.78 is 0. The minimum Gasteiger partial charge on any atom is -0.365 e. The van der Waals surface area contributed by atoms with E-state index in [9.17, 15) is 4.79 Å². The van der Waals surface area contributed by atoms with Crippen molar-refractivity contribution in [2.75, 3.05) is 18.0 Å². The minimum absolute atomic E-state index is 0.321. The highest BCUT2D eigenvalue weighted by atomic mass is 32.1. The Morgan fingerprint density at radius 1 is 1.29 bits per heavy atom. The van der Waals surface area contributed by atoms with Crippen molar-refractivity contribution in [3.63, 3.8) is 0 Å². The molecule has 1 aliphatic rings. The molecule has 0 spiro atoms. The minimum atomic E-state index is -0.321. The fourth-order valence-electron chi connectivity index (χ4n) is 1.74. The monoisotopic (exact) mass is 210 g/mol. The summed E-state index contributed by atoms with van der Waals surface area (Å²) in [5, 5.41) is 1.18. The molecule has 0 saturated carbocycles. The summed E-state index contributed by atoms with van der Waals surface area (Å²) in [6.45, 7) is 2.22. The molecule has 76 valence electrons. The van der Waals surface area contributed by atoms with Crippen LogP contribution in [0.3, 0.4) is 0 Å². The molecule has 2 heterocycles. The Balaban J connectivity index is 2.11. The Hall–Kier alpha value is -1.03. The van der Waals surface area contributed by atoms with Crippen LogP contribution in [-0.2, 0) is 0 Å². The first-order valence-electron chi connectivity index (χ1n) is 4.92. The van der Waals surface area contributed by atoms with Crippen molar-refractivity contribution in [3.8, 4) is 0 Å². The van der Waals surface area contributed by atoms with Gasteiger partial charge in [-0.1, -0.05) is 0 Å². The molecule has 2 rings (SSSR count). The van der Waals surface area contributed by atoms with Crippen LogP contribution in [0.2, 0.25) is 0 Å². The number of carbonyl (C=O) groups excluding carboxylic acids is 1. The molecule has 14 heavy (non-hydrogen) atoms. The van der Waals surface area contributed by atoms with Crippen molar-refractivity contribution in [1.29, 1.82) is 0 Å². The van der Waals surface area contributed by atoms with E-state index in [2.05, 4.69) is 4.90 Å². The number of anilines is 1. The average molecular weight is 210 g/mol. The molecule has 0 aromatic carbocycles. The quantitative estimate of drug-likeness (QED) is 0.809. The van der Waals surface area contributed by atoms with Gasteiger partial charge in [-0.3, -0.25) is 4.79 Å². The van der Waals surface area contributed by atoms with Crippen molar-refractivity contribution in [1.82, 2.24) is 0 Å². The summed E-state index contributed by atoms with van der Waals surface area (Å²) in [5.41, 5.74) is 5.21. The lowest BCUT2D eigenvalue weighted by molar-refractivity contribution is 0.100. The van der Waals surface area contributed by atoms with E-state index in [0.717, 1.165) is 13.1 Å². The SMILES string of the molecule is NC(=O)c1ccc(N2CCCCC2)s1. The van der Waals surface area contributed by atoms with Crippen LogP contribution in [0.25, 0.3) is 0 Å². The number of nitrogens with zero attached hydrogens (tertiary/aromatic N) is 1. The largest absolute Gasteiger partial charge is 0.365 e. The zero-order valence-corrected chi connectivity index (χ0v) is 8.85. The molecule has 1 saturated heterocycles. The fraction of sp³-hybridized carbons (Fsp3) is 0.500. The Morgan fingerprint density at radius 3 is 2.57 bits per heavy atom. The first-order chi connectivity index (χ1) is 6.77. The lowest BCUT2D eigenvalue weighted by Crippen LogP contribution is -2.28. The summed E-state index contributed by atoms with van der Waals surface area (Å²) >= 11 is 1.50. The third-order valence-electron chi connectivity index (χ3n) is 2.50. The van der Waals surface area contributed by atoms with E-state index in [4.69, 9.17) is 5.73 Å². The molecule has 0 radical (unpaired) electrons. The van der Waals surface area contributed by atoms with E-state index in [1.54, 1.807) is 0 Å². The number of rotatable bonds is 2. The third kappa shape index (κ3) is 1.90. The molecule has 2 N–H and O–H groups in total. The highest BCUT2D eigenvalue weighted by molar-refractivity contribution is 7.17. The maximum atomic E-state index is 10.9. The summed E-state index contributed by atoms with van der Waals surface area (Å²) in [6, 6.07) is 3.81. The third-order valence-corrected chi connectivity index (χ3v) is 3.66. The van der Waals surface area contributed by atoms with Crippen molar-refractivity contribution < 1.29 is 4.79 Å². The number of primary amides is 1. The Kier molecular flexibility index (Phi) is 2.72. The molecule has 1 aliphatic heterocycles. The van der Waals surface area contributed by atoms with Crippen molar-refractivity contribution >= 4 is 22.2 Å². The van der Waals surface area contributed by atoms with Crippen LogP contribution in [-0.4, -0.2) is 19.0 Å². The second-order valence-corrected chi connectivity index (χ2v) is 4.61. The Labute approximate surface area is 87.5 Å². The number of hydrogen-bond acceptors (Lipinski definition) is 3. The standard InChI is InChI=1S/C10H14N2OS/c11-10(13)8-4-5-9(14-8)12-6-2-1-3-7-12/h4-5H,1-3,6-7H2,(H2,11,13). The highest BCUT2D eigenvalue weighted by Crippen LogP contribution is 2.27. The van der Waals surface area contributed by atoms with Gasteiger partial charge in [0.2, 0.25) is 0 Å². The number of carbonyl (C=O) groups is 1. The molecule has 1 aromatic rings. The van der Waals surface area contributed by atoms with Gasteiger partial charge in [-0.2, -0.15) is 0 Å². The first kappa shape index (κ1) is 9.52. The fourth-order valence-corrected chi connectivity index (χ4v) is 2.65. The van der Waals surface area contributed by atoms with Crippen LogP contribution in [0.15, 0.2) is 12.1 Å². The zero-order chi connectivity index (χ0) is 9.97. The number of thiophene rings is 1. The maximum absolute atomic E-state index is 10.9. The lowest BCUT2D eigenvalue weighted by Gasteiger charge is -2.26. The molecule has 0 unspecified atom stereocenters. The van der Waals surface area contributed by atoms with E-state index in [0.29, 0.717) is 4.88 Å². The molecular formula is C10H14N2OS. The number of amides is 1. The van der Waals surface area contributed by atoms with Gasteiger partial charge >= 0.3 is 0 Å². The molecule has 0 bridgehead atoms. The summed E-state index contributed by atoms with van der Waals surface area (Å²) in [4.78, 5) is 13.9. The Morgan fingerprint density at radius 2 is 2.00 bits per heavy atom. The lowest BCUT2D eigenvalue weighted by atomic mass is 10.1. The van der Waals surface area contributed by atoms with Gasteiger partial charge in [-0.25, -0.2) is 0 Å². The zero-order valence-electron chi connectivity index (χ0n) is 8.03. The first-order valence-corrected chi connectivity index (χ1v) is 5.73. The molecule has 0 aliphatic carbocycles. The molecule has 3 nitrogen and oxygen atoms in total. The van der Waals surface area contributed by atoms with Crippen LogP contribution < -0.4 is 10.6 Å². The predicted octanol–water partition coefficient (Wildman–Crippen LogP) is 1.84. The normalized spacial score (nSPS) is 17.0. The average Bonchev–Trinajstić information content (AvgIpc) is 2.68. The topological polar surface area (TPSA) is 46.3 Å². The summed E-state index contributed by atoms with van der Waals surface area (Å²) in [5.74, 6) is -0.321. The molecule has 0 atom stereocenters. The van der Waals surface area contributed by atoms with E-state index < -0.39 is 0 Å². The van der Waals surface area contributed by atoms with Gasteiger partial charge < -0.3 is 10.6 Å². The van der Waals surface area contributed by atoms with E-state index in [1.165, 1.54) is 35.6 Å². The van der Waals surface area contributed by atoms with Crippen molar-refractivity contribution in [2.24, 2.45) is 5.73 Å². The smallest absolute Gasteiger partial charge is 0.258 e. The van der Waals surface area contributed by atoms with E-state index in [1.807, 2.05) is 12.1 Å². The Bertz CT molecular complexity index is 329. The van der Waals surface area contributed by atoms with Crippen molar-refractivity contribution in [2.45, 2.75) is 19.3 Å². The van der Waals surface area contributed by atoms with Gasteiger partial charge in [0.1, 0.15) is 0 Å². The van der Waals surface area contributed by atoms with Crippen molar-refractivity contribution in [3.05, 3.63) is 17.0 Å². The number of nitrogens with two attached hydrogens (primary N) is 1. The second-order valence-electron chi connectivity index (χ2n) is 3.55. The second kappa shape index (κ2) is 4.00. The van der Waals surface area contributed by atoms with Crippen LogP contribution in [0, 0.1) is 0 Å². The van der Waals surface area contributed by atoms with Crippen LogP contribution in [0.4, 0.5) is 5.00 Å². The summed E-state index contributed by atoms with van der Waals surface area (Å²) in [7, 11) is 0. The predicted molar refractivity (Wildman–Crippen MR) is 58.9 cm³/mol. The van der Waals surface area contributed by atoms with Gasteiger partial charge in [0.15, 0.2) is 0 Å². The van der Waals surface area contributed by atoms with Gasteiger partial charge in [0.25, 0.3) is 5.91 Å². The van der Waals surface area contributed by atoms with Crippen LogP contribution in [0.1, 0.15) is 28.9 Å². The van der Waals surface area contributed by atoms with Gasteiger partial charge in [0.05, 0.1) is 9.88 Å². The molecule has 1 fully saturated rings. The van der Waals surface area contributed by atoms with E-state index >= 15 is 0 Å². The number of piperidine rings is 1. The molecular weight excluding hydrogens is 196 g/mol. The maximum Gasteiger partial charge on any atom is 0.258 e. The highest BCUT2D eigenvalue weighted by Gasteiger charge is 2.13. The van der Waals surface area contributed by atoms with Gasteiger partial charge in [0, 0.05) is 13.1 Å². The molecule has 1 aromatic heterocycles. The van der Waals surface area contributed by atoms with Gasteiger partial charge in [-0.15, -0.1) is 11.3 Å².